The van der Waals surface area contributed by atoms with E-state index in [1.165, 1.54) is 5.56 Å². The van der Waals surface area contributed by atoms with Gasteiger partial charge in [0.15, 0.2) is 0 Å². The molecule has 3 rings (SSSR count). The molecule has 18 heavy (non-hydrogen) atoms. The first-order chi connectivity index (χ1) is 8.86. The summed E-state index contributed by atoms with van der Waals surface area (Å²) in [6, 6.07) is 8.38. The Balaban J connectivity index is 1.86. The molecule has 4 heteroatoms. The molecule has 1 aliphatic heterocycles. The Hall–Kier alpha value is -1.86. The number of rotatable bonds is 3. The molecule has 0 saturated heterocycles. The predicted molar refractivity (Wildman–Crippen MR) is 70.7 cm³/mol. The third-order valence-electron chi connectivity index (χ3n) is 2.99. The monoisotopic (exact) mass is 256 g/mol. The maximum absolute atomic E-state index is 8.57. The maximum atomic E-state index is 8.57. The van der Waals surface area contributed by atoms with Gasteiger partial charge in [0.05, 0.1) is 23.4 Å². The molecular formula is C14H12N2OS. The van der Waals surface area contributed by atoms with E-state index in [0.29, 0.717) is 6.42 Å². The molecule has 1 aliphatic rings. The number of nitriles is 1. The van der Waals surface area contributed by atoms with E-state index in [4.69, 9.17) is 10.00 Å². The van der Waals surface area contributed by atoms with E-state index in [1.807, 2.05) is 12.1 Å². The van der Waals surface area contributed by atoms with Gasteiger partial charge in [0.1, 0.15) is 5.75 Å². The molecule has 2 heterocycles. The summed E-state index contributed by atoms with van der Waals surface area (Å²) in [4.78, 5) is 4.57. The van der Waals surface area contributed by atoms with Gasteiger partial charge >= 0.3 is 0 Å². The smallest absolute Gasteiger partial charge is 0.122 e. The van der Waals surface area contributed by atoms with Crippen LogP contribution in [0.2, 0.25) is 0 Å². The highest BCUT2D eigenvalue weighted by Crippen LogP contribution is 2.31. The van der Waals surface area contributed by atoms with Gasteiger partial charge in [-0.15, -0.1) is 11.3 Å². The molecule has 0 radical (unpaired) electrons. The minimum absolute atomic E-state index is 0.533. The number of benzene rings is 1. The summed E-state index contributed by atoms with van der Waals surface area (Å²) in [6.07, 6.45) is 2.26. The van der Waals surface area contributed by atoms with Gasteiger partial charge in [0, 0.05) is 30.2 Å². The Kier molecular flexibility index (Phi) is 2.99. The summed E-state index contributed by atoms with van der Waals surface area (Å²) in [5, 5.41) is 11.7. The second-order valence-corrected chi connectivity index (χ2v) is 5.15. The average molecular weight is 256 g/mol. The number of aromatic nitrogens is 1. The van der Waals surface area contributed by atoms with Gasteiger partial charge in [0.2, 0.25) is 0 Å². The molecule has 0 spiro atoms. The highest BCUT2D eigenvalue weighted by molar-refractivity contribution is 7.09. The van der Waals surface area contributed by atoms with Gasteiger partial charge in [-0.25, -0.2) is 4.98 Å². The third-order valence-corrected chi connectivity index (χ3v) is 3.90. The lowest BCUT2D eigenvalue weighted by atomic mass is 10.1. The number of aryl methyl sites for hydroxylation is 1. The summed E-state index contributed by atoms with van der Waals surface area (Å²) in [6.45, 7) is 0.781. The van der Waals surface area contributed by atoms with Crippen molar-refractivity contribution in [2.24, 2.45) is 0 Å². The quantitative estimate of drug-likeness (QED) is 0.847. The van der Waals surface area contributed by atoms with E-state index in [9.17, 15) is 0 Å². The zero-order valence-corrected chi connectivity index (χ0v) is 10.7. The van der Waals surface area contributed by atoms with Crippen LogP contribution in [0, 0.1) is 11.3 Å². The summed E-state index contributed by atoms with van der Waals surface area (Å²) in [5.74, 6) is 0.999. The molecule has 0 fully saturated rings. The van der Waals surface area contributed by atoms with Gasteiger partial charge < -0.3 is 4.74 Å². The van der Waals surface area contributed by atoms with Crippen molar-refractivity contribution < 1.29 is 4.74 Å². The summed E-state index contributed by atoms with van der Waals surface area (Å²) in [7, 11) is 0. The van der Waals surface area contributed by atoms with Crippen molar-refractivity contribution in [1.82, 2.24) is 4.98 Å². The van der Waals surface area contributed by atoms with Gasteiger partial charge in [-0.1, -0.05) is 0 Å². The van der Waals surface area contributed by atoms with Crippen LogP contribution in [-0.2, 0) is 12.8 Å². The number of nitrogens with zero attached hydrogens (tertiary/aromatic N) is 2. The van der Waals surface area contributed by atoms with Crippen LogP contribution < -0.4 is 4.74 Å². The van der Waals surface area contributed by atoms with Crippen LogP contribution >= 0.6 is 11.3 Å². The van der Waals surface area contributed by atoms with Gasteiger partial charge in [-0.2, -0.15) is 5.26 Å². The number of thiazole rings is 1. The van der Waals surface area contributed by atoms with Crippen LogP contribution in [0.4, 0.5) is 0 Å². The molecule has 0 amide bonds. The van der Waals surface area contributed by atoms with Gasteiger partial charge in [-0.05, 0) is 23.8 Å². The molecule has 0 bridgehead atoms. The number of hydrogen-bond acceptors (Lipinski definition) is 4. The molecule has 1 aromatic heterocycles. The van der Waals surface area contributed by atoms with E-state index in [0.717, 1.165) is 41.5 Å². The fourth-order valence-electron chi connectivity index (χ4n) is 2.07. The highest BCUT2D eigenvalue weighted by Gasteiger charge is 2.13. The molecule has 0 aliphatic carbocycles. The minimum atomic E-state index is 0.533. The van der Waals surface area contributed by atoms with Crippen LogP contribution in [0.5, 0.6) is 5.75 Å². The topological polar surface area (TPSA) is 45.9 Å². The van der Waals surface area contributed by atoms with Crippen molar-refractivity contribution in [3.63, 3.8) is 0 Å². The Morgan fingerprint density at radius 1 is 1.44 bits per heavy atom. The maximum Gasteiger partial charge on any atom is 0.122 e. The van der Waals surface area contributed by atoms with E-state index >= 15 is 0 Å². The number of ether oxygens (including phenoxy) is 1. The normalized spacial score (nSPS) is 12.8. The first-order valence-electron chi connectivity index (χ1n) is 5.94. The van der Waals surface area contributed by atoms with Crippen LogP contribution in [0.15, 0.2) is 23.6 Å². The molecule has 1 aromatic carbocycles. The van der Waals surface area contributed by atoms with E-state index < -0.39 is 0 Å². The lowest BCUT2D eigenvalue weighted by molar-refractivity contribution is 0.357. The molecule has 3 nitrogen and oxygen atoms in total. The first kappa shape index (κ1) is 11.2. The second kappa shape index (κ2) is 4.79. The lowest BCUT2D eigenvalue weighted by Gasteiger charge is -2.01. The summed E-state index contributed by atoms with van der Waals surface area (Å²) in [5.41, 5.74) is 3.40. The molecule has 0 unspecified atom stereocenters. The zero-order valence-electron chi connectivity index (χ0n) is 9.85. The SMILES string of the molecule is N#CCCc1nc(-c2ccc3c(c2)CCO3)cs1. The molecule has 0 N–H and O–H groups in total. The van der Waals surface area contributed by atoms with Crippen molar-refractivity contribution in [3.8, 4) is 23.1 Å². The summed E-state index contributed by atoms with van der Waals surface area (Å²) >= 11 is 1.62. The first-order valence-corrected chi connectivity index (χ1v) is 6.82. The molecule has 0 atom stereocenters. The Morgan fingerprint density at radius 3 is 3.28 bits per heavy atom. The lowest BCUT2D eigenvalue weighted by Crippen LogP contribution is -1.85. The van der Waals surface area contributed by atoms with Crippen LogP contribution in [0.25, 0.3) is 11.3 Å². The van der Waals surface area contributed by atoms with Crippen LogP contribution in [-0.4, -0.2) is 11.6 Å². The van der Waals surface area contributed by atoms with Crippen molar-refractivity contribution in [2.75, 3.05) is 6.61 Å². The fourth-order valence-corrected chi connectivity index (χ4v) is 2.87. The Labute approximate surface area is 110 Å². The van der Waals surface area contributed by atoms with Gasteiger partial charge in [-0.3, -0.25) is 0 Å². The predicted octanol–water partition coefficient (Wildman–Crippen LogP) is 3.20. The number of hydrogen-bond donors (Lipinski definition) is 0. The van der Waals surface area contributed by atoms with Crippen molar-refractivity contribution in [3.05, 3.63) is 34.2 Å². The fraction of sp³-hybridized carbons (Fsp3) is 0.286. The molecule has 2 aromatic rings. The second-order valence-electron chi connectivity index (χ2n) is 4.21. The standard InChI is InChI=1S/C14H12N2OS/c15-6-1-2-14-16-12(9-18-14)10-3-4-13-11(8-10)5-7-17-13/h3-4,8-9H,1-2,5,7H2. The zero-order chi connectivity index (χ0) is 12.4. The van der Waals surface area contributed by atoms with Crippen LogP contribution in [0.1, 0.15) is 17.0 Å². The van der Waals surface area contributed by atoms with E-state index in [1.54, 1.807) is 11.3 Å². The largest absolute Gasteiger partial charge is 0.493 e. The Bertz CT molecular complexity index is 612. The molecular weight excluding hydrogens is 244 g/mol. The average Bonchev–Trinajstić information content (AvgIpc) is 3.04. The Morgan fingerprint density at radius 2 is 2.39 bits per heavy atom. The highest BCUT2D eigenvalue weighted by atomic mass is 32.1. The van der Waals surface area contributed by atoms with Crippen LogP contribution in [0.3, 0.4) is 0 Å². The molecule has 90 valence electrons. The van der Waals surface area contributed by atoms with Crippen molar-refractivity contribution >= 4 is 11.3 Å². The number of fused-ring (bicyclic) bond motifs is 1. The van der Waals surface area contributed by atoms with E-state index in [2.05, 4.69) is 22.5 Å². The van der Waals surface area contributed by atoms with E-state index in [-0.39, 0.29) is 0 Å². The van der Waals surface area contributed by atoms with Crippen molar-refractivity contribution in [2.45, 2.75) is 19.3 Å². The minimum Gasteiger partial charge on any atom is -0.493 e. The third kappa shape index (κ3) is 2.09. The molecule has 0 saturated carbocycles. The summed E-state index contributed by atoms with van der Waals surface area (Å²) < 4.78 is 5.49. The van der Waals surface area contributed by atoms with Gasteiger partial charge in [0.25, 0.3) is 0 Å². The van der Waals surface area contributed by atoms with Crippen molar-refractivity contribution in [1.29, 1.82) is 5.26 Å².